The number of hydrogen-bond acceptors (Lipinski definition) is 4. The van der Waals surface area contributed by atoms with E-state index in [0.29, 0.717) is 24.4 Å². The van der Waals surface area contributed by atoms with Crippen LogP contribution >= 0.6 is 11.3 Å². The van der Waals surface area contributed by atoms with E-state index >= 15 is 0 Å². The van der Waals surface area contributed by atoms with Crippen molar-refractivity contribution in [3.8, 4) is 0 Å². The first-order valence-corrected chi connectivity index (χ1v) is 7.25. The zero-order valence-electron chi connectivity index (χ0n) is 11.2. The minimum atomic E-state index is -4.40. The smallest absolute Gasteiger partial charge is 0.330 e. The third-order valence-electron chi connectivity index (χ3n) is 2.57. The lowest BCUT2D eigenvalue weighted by molar-refractivity contribution is -0.140. The van der Waals surface area contributed by atoms with Crippen LogP contribution in [-0.2, 0) is 6.42 Å². The Hall–Kier alpha value is -1.15. The molecule has 0 saturated carbocycles. The Morgan fingerprint density at radius 2 is 2.20 bits per heavy atom. The molecule has 8 heteroatoms. The molecule has 0 bridgehead atoms. The summed E-state index contributed by atoms with van der Waals surface area (Å²) in [6.07, 6.45) is -2.63. The minimum absolute atomic E-state index is 0.0683. The van der Waals surface area contributed by atoms with Gasteiger partial charge in [-0.1, -0.05) is 13.3 Å². The van der Waals surface area contributed by atoms with Crippen LogP contribution in [-0.4, -0.2) is 41.6 Å². The van der Waals surface area contributed by atoms with Gasteiger partial charge in [0, 0.05) is 18.3 Å². The molecular weight excluding hydrogens is 291 g/mol. The summed E-state index contributed by atoms with van der Waals surface area (Å²) in [7, 11) is 0. The highest BCUT2D eigenvalue weighted by molar-refractivity contribution is 7.09. The Balaban J connectivity index is 2.79. The average Bonchev–Trinajstić information content (AvgIpc) is 2.81. The zero-order valence-corrected chi connectivity index (χ0v) is 12.1. The largest absolute Gasteiger partial charge is 0.406 e. The van der Waals surface area contributed by atoms with Gasteiger partial charge in [0.2, 0.25) is 0 Å². The molecule has 114 valence electrons. The number of alkyl halides is 3. The fraction of sp³-hybridized carbons (Fsp3) is 0.667. The number of unbranched alkanes of at least 4 members (excludes halogenated alkanes) is 1. The Bertz CT molecular complexity index is 434. The normalized spacial score (nSPS) is 11.7. The van der Waals surface area contributed by atoms with Crippen molar-refractivity contribution in [1.29, 1.82) is 0 Å². The Morgan fingerprint density at radius 1 is 1.50 bits per heavy atom. The van der Waals surface area contributed by atoms with Gasteiger partial charge in [-0.3, -0.25) is 4.79 Å². The molecule has 1 aromatic rings. The summed E-state index contributed by atoms with van der Waals surface area (Å²) < 4.78 is 37.5. The highest BCUT2D eigenvalue weighted by Crippen LogP contribution is 2.19. The highest BCUT2D eigenvalue weighted by atomic mass is 32.1. The molecule has 0 aromatic carbocycles. The third kappa shape index (κ3) is 5.46. The van der Waals surface area contributed by atoms with Gasteiger partial charge in [0.15, 0.2) is 0 Å². The first-order chi connectivity index (χ1) is 9.37. The second kappa shape index (κ2) is 7.58. The van der Waals surface area contributed by atoms with Crippen LogP contribution in [0.2, 0.25) is 0 Å². The van der Waals surface area contributed by atoms with Crippen molar-refractivity contribution < 1.29 is 18.0 Å². The second-order valence-electron chi connectivity index (χ2n) is 4.36. The van der Waals surface area contributed by atoms with E-state index in [2.05, 4.69) is 4.98 Å². The van der Waals surface area contributed by atoms with Crippen LogP contribution in [0.25, 0.3) is 0 Å². The van der Waals surface area contributed by atoms with Crippen LogP contribution in [0.4, 0.5) is 13.2 Å². The van der Waals surface area contributed by atoms with Crippen molar-refractivity contribution in [2.24, 2.45) is 5.73 Å². The van der Waals surface area contributed by atoms with Crippen LogP contribution in [0.1, 0.15) is 35.3 Å². The lowest BCUT2D eigenvalue weighted by Crippen LogP contribution is -2.39. The summed E-state index contributed by atoms with van der Waals surface area (Å²) in [5, 5.41) is 2.15. The van der Waals surface area contributed by atoms with Gasteiger partial charge >= 0.3 is 6.18 Å². The molecule has 1 amide bonds. The van der Waals surface area contributed by atoms with Crippen LogP contribution < -0.4 is 5.73 Å². The maximum absolute atomic E-state index is 12.5. The number of carbonyl (C=O) groups excluding carboxylic acids is 1. The molecule has 20 heavy (non-hydrogen) atoms. The highest BCUT2D eigenvalue weighted by Gasteiger charge is 2.33. The van der Waals surface area contributed by atoms with Crippen molar-refractivity contribution in [3.63, 3.8) is 0 Å². The number of halogens is 3. The molecule has 0 aliphatic rings. The molecule has 1 heterocycles. The summed E-state index contributed by atoms with van der Waals surface area (Å²) in [6, 6.07) is 0. The number of aromatic nitrogens is 1. The van der Waals surface area contributed by atoms with Crippen molar-refractivity contribution in [2.45, 2.75) is 32.4 Å². The van der Waals surface area contributed by atoms with Gasteiger partial charge in [-0.25, -0.2) is 4.98 Å². The summed E-state index contributed by atoms with van der Waals surface area (Å²) >= 11 is 1.24. The molecule has 4 nitrogen and oxygen atoms in total. The minimum Gasteiger partial charge on any atom is -0.330 e. The topological polar surface area (TPSA) is 59.2 Å². The maximum atomic E-state index is 12.5. The Labute approximate surface area is 119 Å². The van der Waals surface area contributed by atoms with Gasteiger partial charge in [-0.2, -0.15) is 13.2 Å². The van der Waals surface area contributed by atoms with E-state index in [4.69, 9.17) is 5.73 Å². The van der Waals surface area contributed by atoms with Crippen LogP contribution in [0.3, 0.4) is 0 Å². The van der Waals surface area contributed by atoms with E-state index in [1.54, 1.807) is 0 Å². The SMILES string of the molecule is CCCCN(CC(F)(F)F)C(=O)c1csc(CCN)n1. The van der Waals surface area contributed by atoms with E-state index in [-0.39, 0.29) is 12.2 Å². The summed E-state index contributed by atoms with van der Waals surface area (Å²) in [5.74, 6) is -0.671. The molecule has 0 radical (unpaired) electrons. The number of thiazole rings is 1. The third-order valence-corrected chi connectivity index (χ3v) is 3.48. The lowest BCUT2D eigenvalue weighted by Gasteiger charge is -2.22. The quantitative estimate of drug-likeness (QED) is 0.841. The van der Waals surface area contributed by atoms with Gasteiger partial charge in [-0.15, -0.1) is 11.3 Å². The average molecular weight is 309 g/mol. The van der Waals surface area contributed by atoms with Crippen molar-refractivity contribution >= 4 is 17.2 Å². The fourth-order valence-electron chi connectivity index (χ4n) is 1.63. The van der Waals surface area contributed by atoms with Gasteiger partial charge < -0.3 is 10.6 Å². The molecule has 1 aromatic heterocycles. The van der Waals surface area contributed by atoms with E-state index in [1.807, 2.05) is 6.92 Å². The van der Waals surface area contributed by atoms with E-state index in [9.17, 15) is 18.0 Å². The predicted octanol–water partition coefficient (Wildman–Crippen LogP) is 2.45. The number of nitrogens with two attached hydrogens (primary N) is 1. The van der Waals surface area contributed by atoms with Crippen molar-refractivity contribution in [2.75, 3.05) is 19.6 Å². The van der Waals surface area contributed by atoms with Gasteiger partial charge in [0.05, 0.1) is 5.01 Å². The molecule has 1 rings (SSSR count). The number of hydrogen-bond donors (Lipinski definition) is 1. The molecular formula is C12H18F3N3OS. The molecule has 0 aliphatic heterocycles. The van der Waals surface area contributed by atoms with Crippen LogP contribution in [0.15, 0.2) is 5.38 Å². The first-order valence-electron chi connectivity index (χ1n) is 6.38. The van der Waals surface area contributed by atoms with Crippen LogP contribution in [0, 0.1) is 0 Å². The molecule has 0 fully saturated rings. The second-order valence-corrected chi connectivity index (χ2v) is 5.30. The van der Waals surface area contributed by atoms with Gasteiger partial charge in [0.1, 0.15) is 12.2 Å². The number of rotatable bonds is 7. The Kier molecular flexibility index (Phi) is 6.41. The molecule has 0 atom stereocenters. The van der Waals surface area contributed by atoms with Gasteiger partial charge in [-0.05, 0) is 13.0 Å². The van der Waals surface area contributed by atoms with Crippen LogP contribution in [0.5, 0.6) is 0 Å². The van der Waals surface area contributed by atoms with E-state index < -0.39 is 18.6 Å². The van der Waals surface area contributed by atoms with Crippen molar-refractivity contribution in [3.05, 3.63) is 16.1 Å². The number of nitrogens with zero attached hydrogens (tertiary/aromatic N) is 2. The first kappa shape index (κ1) is 16.9. The van der Waals surface area contributed by atoms with Crippen molar-refractivity contribution in [1.82, 2.24) is 9.88 Å². The molecule has 0 spiro atoms. The number of amides is 1. The fourth-order valence-corrected chi connectivity index (χ4v) is 2.42. The standard InChI is InChI=1S/C12H18F3N3OS/c1-2-3-6-18(8-12(13,14)15)11(19)9-7-20-10(17-9)4-5-16/h7H,2-6,8,16H2,1H3. The van der Waals surface area contributed by atoms with E-state index in [0.717, 1.165) is 11.3 Å². The number of carbonyl (C=O) groups is 1. The molecule has 2 N–H and O–H groups in total. The molecule has 0 saturated heterocycles. The zero-order chi connectivity index (χ0) is 15.2. The molecule has 0 aliphatic carbocycles. The summed E-state index contributed by atoms with van der Waals surface area (Å²) in [4.78, 5) is 16.9. The summed E-state index contributed by atoms with van der Waals surface area (Å²) in [5.41, 5.74) is 5.45. The van der Waals surface area contributed by atoms with Gasteiger partial charge in [0.25, 0.3) is 5.91 Å². The predicted molar refractivity (Wildman–Crippen MR) is 71.7 cm³/mol. The summed E-state index contributed by atoms with van der Waals surface area (Å²) in [6.45, 7) is 1.09. The Morgan fingerprint density at radius 3 is 2.75 bits per heavy atom. The monoisotopic (exact) mass is 309 g/mol. The molecule has 0 unspecified atom stereocenters. The van der Waals surface area contributed by atoms with E-state index in [1.165, 1.54) is 16.7 Å². The maximum Gasteiger partial charge on any atom is 0.406 e. The lowest BCUT2D eigenvalue weighted by atomic mass is 10.3.